The molecule has 1 amide bonds. The van der Waals surface area contributed by atoms with Crippen molar-refractivity contribution < 1.29 is 14.3 Å². The van der Waals surface area contributed by atoms with Gasteiger partial charge in [0.1, 0.15) is 13.2 Å². The Hall–Kier alpha value is -2.62. The number of ether oxygens (including phenoxy) is 1. The zero-order valence-corrected chi connectivity index (χ0v) is 12.5. The topological polar surface area (TPSA) is 55.4 Å². The molecule has 0 heterocycles. The number of hydrogen-bond acceptors (Lipinski definition) is 3. The number of amides is 1. The molecule has 0 radical (unpaired) electrons. The van der Waals surface area contributed by atoms with E-state index in [1.807, 2.05) is 61.5 Å². The SMILES string of the molecule is Cc1ccc(CC(=O)NCC(=O)OCc2ccccc2)cc1. The lowest BCUT2D eigenvalue weighted by molar-refractivity contribution is -0.145. The third-order valence-corrected chi connectivity index (χ3v) is 3.16. The molecular formula is C18H19NO3. The Balaban J connectivity index is 1.69. The van der Waals surface area contributed by atoms with Crippen LogP contribution < -0.4 is 5.32 Å². The van der Waals surface area contributed by atoms with Crippen molar-refractivity contribution in [1.82, 2.24) is 5.32 Å². The molecule has 0 aliphatic rings. The van der Waals surface area contributed by atoms with Crippen LogP contribution >= 0.6 is 0 Å². The Morgan fingerprint density at radius 3 is 2.32 bits per heavy atom. The minimum Gasteiger partial charge on any atom is -0.460 e. The van der Waals surface area contributed by atoms with Crippen LogP contribution in [0.4, 0.5) is 0 Å². The second-order valence-electron chi connectivity index (χ2n) is 5.09. The van der Waals surface area contributed by atoms with Gasteiger partial charge in [-0.25, -0.2) is 0 Å². The summed E-state index contributed by atoms with van der Waals surface area (Å²) in [6, 6.07) is 17.1. The van der Waals surface area contributed by atoms with Gasteiger partial charge < -0.3 is 10.1 Å². The molecule has 0 saturated heterocycles. The largest absolute Gasteiger partial charge is 0.460 e. The third kappa shape index (κ3) is 5.40. The quantitative estimate of drug-likeness (QED) is 0.833. The predicted molar refractivity (Wildman–Crippen MR) is 84.1 cm³/mol. The van der Waals surface area contributed by atoms with Crippen molar-refractivity contribution in [3.63, 3.8) is 0 Å². The fourth-order valence-electron chi connectivity index (χ4n) is 1.91. The van der Waals surface area contributed by atoms with E-state index in [-0.39, 0.29) is 25.5 Å². The monoisotopic (exact) mass is 297 g/mol. The number of nitrogens with one attached hydrogen (secondary N) is 1. The van der Waals surface area contributed by atoms with E-state index in [0.717, 1.165) is 16.7 Å². The minimum atomic E-state index is -0.443. The van der Waals surface area contributed by atoms with Gasteiger partial charge in [-0.3, -0.25) is 9.59 Å². The van der Waals surface area contributed by atoms with Gasteiger partial charge in [-0.05, 0) is 18.1 Å². The summed E-state index contributed by atoms with van der Waals surface area (Å²) >= 11 is 0. The molecule has 4 heteroatoms. The average molecular weight is 297 g/mol. The van der Waals surface area contributed by atoms with Gasteiger partial charge >= 0.3 is 5.97 Å². The van der Waals surface area contributed by atoms with E-state index >= 15 is 0 Å². The Kier molecular flexibility index (Phi) is 5.72. The van der Waals surface area contributed by atoms with Gasteiger partial charge in [0.15, 0.2) is 0 Å². The van der Waals surface area contributed by atoms with Gasteiger partial charge in [0.05, 0.1) is 6.42 Å². The van der Waals surface area contributed by atoms with E-state index < -0.39 is 5.97 Å². The van der Waals surface area contributed by atoms with Gasteiger partial charge in [-0.2, -0.15) is 0 Å². The van der Waals surface area contributed by atoms with E-state index in [4.69, 9.17) is 4.74 Å². The molecule has 0 aliphatic heterocycles. The van der Waals surface area contributed by atoms with Crippen LogP contribution in [0.2, 0.25) is 0 Å². The highest BCUT2D eigenvalue weighted by atomic mass is 16.5. The summed E-state index contributed by atoms with van der Waals surface area (Å²) < 4.78 is 5.09. The maximum absolute atomic E-state index is 11.8. The summed E-state index contributed by atoms with van der Waals surface area (Å²) in [5.41, 5.74) is 2.98. The summed E-state index contributed by atoms with van der Waals surface area (Å²) in [5, 5.41) is 2.57. The average Bonchev–Trinajstić information content (AvgIpc) is 2.54. The van der Waals surface area contributed by atoms with Crippen molar-refractivity contribution >= 4 is 11.9 Å². The molecule has 2 rings (SSSR count). The molecule has 0 atom stereocenters. The highest BCUT2D eigenvalue weighted by molar-refractivity contribution is 5.83. The van der Waals surface area contributed by atoms with Crippen LogP contribution in [0.1, 0.15) is 16.7 Å². The van der Waals surface area contributed by atoms with Crippen LogP contribution in [0.15, 0.2) is 54.6 Å². The van der Waals surface area contributed by atoms with E-state index in [1.165, 1.54) is 0 Å². The van der Waals surface area contributed by atoms with Gasteiger partial charge in [-0.1, -0.05) is 60.2 Å². The first-order valence-electron chi connectivity index (χ1n) is 7.15. The predicted octanol–water partition coefficient (Wildman–Crippen LogP) is 2.40. The van der Waals surface area contributed by atoms with E-state index in [2.05, 4.69) is 5.32 Å². The highest BCUT2D eigenvalue weighted by Crippen LogP contribution is 2.04. The molecule has 1 N–H and O–H groups in total. The van der Waals surface area contributed by atoms with Crippen molar-refractivity contribution in [3.8, 4) is 0 Å². The molecule has 0 unspecified atom stereocenters. The number of hydrogen-bond donors (Lipinski definition) is 1. The van der Waals surface area contributed by atoms with Gasteiger partial charge in [0.25, 0.3) is 0 Å². The van der Waals surface area contributed by atoms with Crippen molar-refractivity contribution in [3.05, 3.63) is 71.3 Å². The van der Waals surface area contributed by atoms with Gasteiger partial charge in [0, 0.05) is 0 Å². The van der Waals surface area contributed by atoms with Crippen molar-refractivity contribution in [2.75, 3.05) is 6.54 Å². The van der Waals surface area contributed by atoms with Crippen LogP contribution in [0.3, 0.4) is 0 Å². The molecule has 4 nitrogen and oxygen atoms in total. The first-order valence-corrected chi connectivity index (χ1v) is 7.15. The summed E-state index contributed by atoms with van der Waals surface area (Å²) in [7, 11) is 0. The third-order valence-electron chi connectivity index (χ3n) is 3.16. The fraction of sp³-hybridized carbons (Fsp3) is 0.222. The number of aryl methyl sites for hydroxylation is 1. The molecular weight excluding hydrogens is 278 g/mol. The fourth-order valence-corrected chi connectivity index (χ4v) is 1.91. The number of carbonyl (C=O) groups is 2. The van der Waals surface area contributed by atoms with Gasteiger partial charge in [-0.15, -0.1) is 0 Å². The Morgan fingerprint density at radius 1 is 0.955 bits per heavy atom. The van der Waals surface area contributed by atoms with Crippen LogP contribution in [0.5, 0.6) is 0 Å². The normalized spacial score (nSPS) is 10.0. The molecule has 2 aromatic carbocycles. The van der Waals surface area contributed by atoms with Crippen molar-refractivity contribution in [1.29, 1.82) is 0 Å². The van der Waals surface area contributed by atoms with Crippen LogP contribution in [0, 0.1) is 6.92 Å². The first-order chi connectivity index (χ1) is 10.6. The van der Waals surface area contributed by atoms with E-state index in [9.17, 15) is 9.59 Å². The number of benzene rings is 2. The highest BCUT2D eigenvalue weighted by Gasteiger charge is 2.07. The zero-order valence-electron chi connectivity index (χ0n) is 12.5. The van der Waals surface area contributed by atoms with Crippen LogP contribution in [-0.4, -0.2) is 18.4 Å². The van der Waals surface area contributed by atoms with Crippen molar-refractivity contribution in [2.24, 2.45) is 0 Å². The Morgan fingerprint density at radius 2 is 1.64 bits per heavy atom. The Bertz CT molecular complexity index is 621. The lowest BCUT2D eigenvalue weighted by atomic mass is 10.1. The molecule has 0 saturated carbocycles. The number of carbonyl (C=O) groups excluding carboxylic acids is 2. The van der Waals surface area contributed by atoms with E-state index in [1.54, 1.807) is 0 Å². The summed E-state index contributed by atoms with van der Waals surface area (Å²) in [5.74, 6) is -0.637. The lowest BCUT2D eigenvalue weighted by Crippen LogP contribution is -2.31. The number of rotatable bonds is 6. The minimum absolute atomic E-state index is 0.114. The second kappa shape index (κ2) is 7.98. The summed E-state index contributed by atoms with van der Waals surface area (Å²) in [6.45, 7) is 2.09. The molecule has 22 heavy (non-hydrogen) atoms. The summed E-state index contributed by atoms with van der Waals surface area (Å²) in [4.78, 5) is 23.3. The molecule has 0 aromatic heterocycles. The number of esters is 1. The molecule has 0 spiro atoms. The second-order valence-corrected chi connectivity index (χ2v) is 5.09. The summed E-state index contributed by atoms with van der Waals surface area (Å²) in [6.07, 6.45) is 0.256. The maximum atomic E-state index is 11.8. The lowest BCUT2D eigenvalue weighted by Gasteiger charge is -2.07. The van der Waals surface area contributed by atoms with Crippen molar-refractivity contribution in [2.45, 2.75) is 20.0 Å². The van der Waals surface area contributed by atoms with Gasteiger partial charge in [0.2, 0.25) is 5.91 Å². The molecule has 0 aliphatic carbocycles. The standard InChI is InChI=1S/C18H19NO3/c1-14-7-9-15(10-8-14)11-17(20)19-12-18(21)22-13-16-5-3-2-4-6-16/h2-10H,11-13H2,1H3,(H,19,20). The molecule has 0 bridgehead atoms. The maximum Gasteiger partial charge on any atom is 0.325 e. The zero-order chi connectivity index (χ0) is 15.8. The smallest absolute Gasteiger partial charge is 0.325 e. The van der Waals surface area contributed by atoms with Crippen LogP contribution in [-0.2, 0) is 27.4 Å². The first kappa shape index (κ1) is 15.8. The molecule has 2 aromatic rings. The van der Waals surface area contributed by atoms with E-state index in [0.29, 0.717) is 0 Å². The van der Waals surface area contributed by atoms with Crippen LogP contribution in [0.25, 0.3) is 0 Å². The molecule has 114 valence electrons. The molecule has 0 fully saturated rings. The Labute approximate surface area is 130 Å².